The number of likely N-dealkylation sites (N-methyl/N-ethyl adjacent to an activating group) is 1. The summed E-state index contributed by atoms with van der Waals surface area (Å²) in [5.74, 6) is 0. The monoisotopic (exact) mass is 292 g/mol. The first-order valence-electron chi connectivity index (χ1n) is 7.33. The van der Waals surface area contributed by atoms with E-state index in [0.717, 1.165) is 19.3 Å². The third-order valence-electron chi connectivity index (χ3n) is 4.29. The summed E-state index contributed by atoms with van der Waals surface area (Å²) in [6.07, 6.45) is 4.64. The smallest absolute Gasteiger partial charge is 0.0746 e. The summed E-state index contributed by atoms with van der Waals surface area (Å²) in [6, 6.07) is 10.6. The second-order valence-electron chi connectivity index (χ2n) is 5.68. The van der Waals surface area contributed by atoms with Gasteiger partial charge >= 0.3 is 0 Å². The van der Waals surface area contributed by atoms with Gasteiger partial charge in [0.1, 0.15) is 0 Å². The molecule has 0 bridgehead atoms. The molecule has 3 unspecified atom stereocenters. The molecule has 0 aromatic heterocycles. The van der Waals surface area contributed by atoms with Crippen LogP contribution in [0.5, 0.6) is 0 Å². The Morgan fingerprint density at radius 1 is 1.35 bits per heavy atom. The van der Waals surface area contributed by atoms with Crippen LogP contribution in [0.25, 0.3) is 0 Å². The van der Waals surface area contributed by atoms with Crippen LogP contribution in [0.15, 0.2) is 30.3 Å². The maximum atomic E-state index is 10.3. The van der Waals surface area contributed by atoms with Crippen molar-refractivity contribution in [2.24, 2.45) is 5.73 Å². The summed E-state index contributed by atoms with van der Waals surface area (Å²) in [5.41, 5.74) is 6.98. The van der Waals surface area contributed by atoms with Gasteiger partial charge in [0.25, 0.3) is 0 Å². The van der Waals surface area contributed by atoms with Gasteiger partial charge in [-0.2, -0.15) is 0 Å². The molecular weight excluding hydrogens is 268 g/mol. The highest BCUT2D eigenvalue weighted by Crippen LogP contribution is 2.31. The van der Waals surface area contributed by atoms with E-state index < -0.39 is 0 Å². The van der Waals surface area contributed by atoms with Crippen molar-refractivity contribution >= 4 is 17.2 Å². The second kappa shape index (κ2) is 7.16. The minimum atomic E-state index is -0.244. The van der Waals surface area contributed by atoms with Gasteiger partial charge in [-0.05, 0) is 25.5 Å². The molecule has 1 aromatic carbocycles. The number of rotatable bonds is 5. The van der Waals surface area contributed by atoms with Crippen molar-refractivity contribution in [2.75, 3.05) is 7.05 Å². The third kappa shape index (κ3) is 3.78. The minimum Gasteiger partial charge on any atom is -0.393 e. The van der Waals surface area contributed by atoms with Gasteiger partial charge in [0.05, 0.1) is 11.1 Å². The van der Waals surface area contributed by atoms with Crippen LogP contribution in [0.1, 0.15) is 43.7 Å². The summed E-state index contributed by atoms with van der Waals surface area (Å²) >= 11 is 5.11. The molecule has 0 radical (unpaired) electrons. The molecule has 0 amide bonds. The second-order valence-corrected chi connectivity index (χ2v) is 6.21. The Balaban J connectivity index is 2.19. The Hall–Kier alpha value is -0.970. The predicted octanol–water partition coefficient (Wildman–Crippen LogP) is 2.64. The summed E-state index contributed by atoms with van der Waals surface area (Å²) in [5, 5.41) is 10.3. The van der Waals surface area contributed by atoms with Crippen molar-refractivity contribution in [2.45, 2.75) is 50.3 Å². The normalized spacial score (nSPS) is 24.6. The summed E-state index contributed by atoms with van der Waals surface area (Å²) in [6.45, 7) is 0. The average molecular weight is 292 g/mol. The average Bonchev–Trinajstić information content (AvgIpc) is 2.45. The van der Waals surface area contributed by atoms with Crippen molar-refractivity contribution in [3.8, 4) is 0 Å². The van der Waals surface area contributed by atoms with E-state index in [4.69, 9.17) is 18.0 Å². The SMILES string of the molecule is CN(C(CC(N)=S)c1ccccc1)C1CCCCC1O. The molecule has 110 valence electrons. The lowest BCUT2D eigenvalue weighted by Gasteiger charge is -2.40. The number of nitrogens with two attached hydrogens (primary N) is 1. The van der Waals surface area contributed by atoms with Crippen LogP contribution < -0.4 is 5.73 Å². The summed E-state index contributed by atoms with van der Waals surface area (Å²) in [7, 11) is 2.08. The number of hydrogen-bond acceptors (Lipinski definition) is 3. The molecule has 20 heavy (non-hydrogen) atoms. The highest BCUT2D eigenvalue weighted by molar-refractivity contribution is 7.80. The van der Waals surface area contributed by atoms with E-state index in [-0.39, 0.29) is 18.2 Å². The molecule has 2 rings (SSSR count). The maximum Gasteiger partial charge on any atom is 0.0746 e. The van der Waals surface area contributed by atoms with Crippen molar-refractivity contribution in [1.82, 2.24) is 4.90 Å². The highest BCUT2D eigenvalue weighted by Gasteiger charge is 2.31. The van der Waals surface area contributed by atoms with Crippen LogP contribution in [0.3, 0.4) is 0 Å². The van der Waals surface area contributed by atoms with E-state index in [1.165, 1.54) is 12.0 Å². The van der Waals surface area contributed by atoms with Crippen molar-refractivity contribution in [3.05, 3.63) is 35.9 Å². The van der Waals surface area contributed by atoms with E-state index in [2.05, 4.69) is 24.1 Å². The minimum absolute atomic E-state index is 0.145. The molecular formula is C16H24N2OS. The molecule has 3 nitrogen and oxygen atoms in total. The molecule has 1 fully saturated rings. The van der Waals surface area contributed by atoms with Crippen molar-refractivity contribution in [3.63, 3.8) is 0 Å². The molecule has 4 heteroatoms. The van der Waals surface area contributed by atoms with E-state index in [1.807, 2.05) is 18.2 Å². The molecule has 1 aliphatic carbocycles. The molecule has 3 N–H and O–H groups in total. The Kier molecular flexibility index (Phi) is 5.52. The van der Waals surface area contributed by atoms with E-state index >= 15 is 0 Å². The van der Waals surface area contributed by atoms with E-state index in [0.29, 0.717) is 11.4 Å². The molecule has 3 atom stereocenters. The molecule has 0 heterocycles. The Labute approximate surface area is 126 Å². The zero-order chi connectivity index (χ0) is 14.5. The van der Waals surface area contributed by atoms with Crippen LogP contribution >= 0.6 is 12.2 Å². The lowest BCUT2D eigenvalue weighted by atomic mass is 9.89. The van der Waals surface area contributed by atoms with Gasteiger partial charge in [0.2, 0.25) is 0 Å². The fraction of sp³-hybridized carbons (Fsp3) is 0.562. The predicted molar refractivity (Wildman–Crippen MR) is 86.6 cm³/mol. The molecule has 1 saturated carbocycles. The van der Waals surface area contributed by atoms with Gasteiger partial charge in [-0.25, -0.2) is 0 Å². The number of benzene rings is 1. The fourth-order valence-corrected chi connectivity index (χ4v) is 3.32. The summed E-state index contributed by atoms with van der Waals surface area (Å²) < 4.78 is 0. The van der Waals surface area contributed by atoms with E-state index in [1.54, 1.807) is 0 Å². The third-order valence-corrected chi connectivity index (χ3v) is 4.45. The van der Waals surface area contributed by atoms with Gasteiger partial charge in [0, 0.05) is 18.5 Å². The van der Waals surface area contributed by atoms with Crippen LogP contribution in [0, 0.1) is 0 Å². The highest BCUT2D eigenvalue weighted by atomic mass is 32.1. The number of nitrogens with zero attached hydrogens (tertiary/aromatic N) is 1. The number of hydrogen-bond donors (Lipinski definition) is 2. The zero-order valence-corrected chi connectivity index (χ0v) is 12.9. The lowest BCUT2D eigenvalue weighted by molar-refractivity contribution is 0.0134. The topological polar surface area (TPSA) is 49.5 Å². The molecule has 1 aromatic rings. The standard InChI is InChI=1S/C16H24N2OS/c1-18(13-9-5-6-10-15(13)19)14(11-16(17)20)12-7-3-2-4-8-12/h2-4,7-8,13-15,19H,5-6,9-11H2,1H3,(H2,17,20). The van der Waals surface area contributed by atoms with Crippen molar-refractivity contribution in [1.29, 1.82) is 0 Å². The Morgan fingerprint density at radius 3 is 2.60 bits per heavy atom. The molecule has 0 spiro atoms. The first kappa shape index (κ1) is 15.4. The number of aliphatic hydroxyl groups is 1. The van der Waals surface area contributed by atoms with Gasteiger partial charge < -0.3 is 10.8 Å². The fourth-order valence-electron chi connectivity index (χ4n) is 3.16. The maximum absolute atomic E-state index is 10.3. The van der Waals surface area contributed by atoms with Crippen LogP contribution in [-0.2, 0) is 0 Å². The van der Waals surface area contributed by atoms with Crippen LogP contribution in [0.2, 0.25) is 0 Å². The van der Waals surface area contributed by atoms with Crippen LogP contribution in [0.4, 0.5) is 0 Å². The molecule has 0 saturated heterocycles. The van der Waals surface area contributed by atoms with Crippen LogP contribution in [-0.4, -0.2) is 34.2 Å². The first-order chi connectivity index (χ1) is 9.59. The molecule has 1 aliphatic rings. The van der Waals surface area contributed by atoms with E-state index in [9.17, 15) is 5.11 Å². The lowest BCUT2D eigenvalue weighted by Crippen LogP contribution is -2.45. The Morgan fingerprint density at radius 2 is 2.00 bits per heavy atom. The molecule has 0 aliphatic heterocycles. The summed E-state index contributed by atoms with van der Waals surface area (Å²) in [4.78, 5) is 2.79. The van der Waals surface area contributed by atoms with Gasteiger partial charge in [-0.15, -0.1) is 0 Å². The van der Waals surface area contributed by atoms with Crippen molar-refractivity contribution < 1.29 is 5.11 Å². The zero-order valence-electron chi connectivity index (χ0n) is 12.0. The largest absolute Gasteiger partial charge is 0.393 e. The number of thiocarbonyl (C=S) groups is 1. The first-order valence-corrected chi connectivity index (χ1v) is 7.73. The van der Waals surface area contributed by atoms with Gasteiger partial charge in [0.15, 0.2) is 0 Å². The van der Waals surface area contributed by atoms with Gasteiger partial charge in [-0.3, -0.25) is 4.90 Å². The van der Waals surface area contributed by atoms with Gasteiger partial charge in [-0.1, -0.05) is 55.4 Å². The Bertz CT molecular complexity index is 437. The number of aliphatic hydroxyl groups excluding tert-OH is 1. The quantitative estimate of drug-likeness (QED) is 0.819.